The van der Waals surface area contributed by atoms with Crippen LogP contribution < -0.4 is 5.73 Å². The molecule has 1 aliphatic heterocycles. The molecule has 0 bridgehead atoms. The Morgan fingerprint density at radius 2 is 2.05 bits per heavy atom. The number of nitrogens with two attached hydrogens (primary N) is 1. The van der Waals surface area contributed by atoms with Crippen molar-refractivity contribution in [1.82, 2.24) is 9.80 Å². The van der Waals surface area contributed by atoms with E-state index in [0.717, 1.165) is 18.5 Å². The van der Waals surface area contributed by atoms with Gasteiger partial charge in [-0.15, -0.1) is 0 Å². The van der Waals surface area contributed by atoms with Crippen molar-refractivity contribution in [3.63, 3.8) is 0 Å². The Balaban J connectivity index is 1.88. The van der Waals surface area contributed by atoms with E-state index in [1.807, 2.05) is 42.2 Å². The first-order chi connectivity index (χ1) is 10.5. The zero-order valence-electron chi connectivity index (χ0n) is 13.4. The van der Waals surface area contributed by atoms with Gasteiger partial charge in [0.25, 0.3) is 0 Å². The second kappa shape index (κ2) is 7.40. The fourth-order valence-electron chi connectivity index (χ4n) is 2.79. The second-order valence-electron chi connectivity index (χ2n) is 5.97. The summed E-state index contributed by atoms with van der Waals surface area (Å²) >= 11 is 0. The van der Waals surface area contributed by atoms with Crippen molar-refractivity contribution in [3.05, 3.63) is 35.9 Å². The predicted octanol–water partition coefficient (Wildman–Crippen LogP) is 1.40. The molecule has 1 aromatic carbocycles. The van der Waals surface area contributed by atoms with Gasteiger partial charge in [0.15, 0.2) is 0 Å². The molecule has 1 fully saturated rings. The predicted molar refractivity (Wildman–Crippen MR) is 86.0 cm³/mol. The van der Waals surface area contributed by atoms with E-state index in [0.29, 0.717) is 19.5 Å². The maximum atomic E-state index is 12.5. The van der Waals surface area contributed by atoms with Crippen molar-refractivity contribution < 1.29 is 9.59 Å². The highest BCUT2D eigenvalue weighted by Crippen LogP contribution is 2.20. The minimum atomic E-state index is -0.315. The summed E-state index contributed by atoms with van der Waals surface area (Å²) in [6, 6.07) is 9.35. The van der Waals surface area contributed by atoms with Crippen LogP contribution in [0.2, 0.25) is 0 Å². The van der Waals surface area contributed by atoms with Gasteiger partial charge in [-0.3, -0.25) is 9.59 Å². The maximum Gasteiger partial charge on any atom is 0.227 e. The topological polar surface area (TPSA) is 66.6 Å². The molecule has 1 aliphatic rings. The van der Waals surface area contributed by atoms with Gasteiger partial charge in [-0.05, 0) is 12.0 Å². The van der Waals surface area contributed by atoms with Crippen LogP contribution in [0.15, 0.2) is 30.3 Å². The summed E-state index contributed by atoms with van der Waals surface area (Å²) in [6.45, 7) is 3.82. The molecule has 2 N–H and O–H groups in total. The summed E-state index contributed by atoms with van der Waals surface area (Å²) in [7, 11) is 1.77. The molecule has 1 heterocycles. The Hall–Kier alpha value is -1.88. The zero-order valence-corrected chi connectivity index (χ0v) is 13.4. The molecule has 0 spiro atoms. The molecule has 0 aliphatic carbocycles. The van der Waals surface area contributed by atoms with Gasteiger partial charge in [0.1, 0.15) is 0 Å². The van der Waals surface area contributed by atoms with Gasteiger partial charge >= 0.3 is 0 Å². The van der Waals surface area contributed by atoms with Crippen molar-refractivity contribution in [2.24, 2.45) is 11.7 Å². The largest absolute Gasteiger partial charge is 0.344 e. The second-order valence-corrected chi connectivity index (χ2v) is 5.97. The first-order valence-electron chi connectivity index (χ1n) is 7.84. The maximum absolute atomic E-state index is 12.5. The Kier molecular flexibility index (Phi) is 5.55. The summed E-state index contributed by atoms with van der Waals surface area (Å²) in [6.07, 6.45) is 1.55. The van der Waals surface area contributed by atoms with Crippen LogP contribution in [0.5, 0.6) is 0 Å². The number of carbonyl (C=O) groups is 2. The van der Waals surface area contributed by atoms with Gasteiger partial charge in [0, 0.05) is 39.1 Å². The van der Waals surface area contributed by atoms with Crippen molar-refractivity contribution >= 4 is 11.8 Å². The average Bonchev–Trinajstić information content (AvgIpc) is 2.96. The number of amides is 2. The normalized spacial score (nSPS) is 17.4. The van der Waals surface area contributed by atoms with Crippen molar-refractivity contribution in [1.29, 1.82) is 0 Å². The highest BCUT2D eigenvalue weighted by molar-refractivity contribution is 5.80. The smallest absolute Gasteiger partial charge is 0.227 e. The van der Waals surface area contributed by atoms with E-state index in [1.54, 1.807) is 11.9 Å². The highest BCUT2D eigenvalue weighted by Gasteiger charge is 2.26. The van der Waals surface area contributed by atoms with Crippen LogP contribution in [0, 0.1) is 5.92 Å². The molecule has 1 aromatic rings. The van der Waals surface area contributed by atoms with Crippen LogP contribution in [0.4, 0.5) is 0 Å². The number of hydrogen-bond donors (Lipinski definition) is 1. The van der Waals surface area contributed by atoms with Crippen LogP contribution in [0.1, 0.15) is 31.4 Å². The Bertz CT molecular complexity index is 518. The van der Waals surface area contributed by atoms with Gasteiger partial charge in [-0.2, -0.15) is 0 Å². The number of likely N-dealkylation sites (tertiary alicyclic amines) is 1. The van der Waals surface area contributed by atoms with E-state index < -0.39 is 0 Å². The third kappa shape index (κ3) is 3.85. The minimum absolute atomic E-state index is 0.0167. The van der Waals surface area contributed by atoms with E-state index in [-0.39, 0.29) is 23.8 Å². The molecule has 0 radical (unpaired) electrons. The molecule has 2 rings (SSSR count). The molecule has 2 amide bonds. The average molecular weight is 303 g/mol. The number of nitrogens with zero attached hydrogens (tertiary/aromatic N) is 2. The highest BCUT2D eigenvalue weighted by atomic mass is 16.2. The SMILES string of the molecule is C[C@H](C(=O)N(C)CCN1CCCC1=O)[C@@H](N)c1ccccc1. The molecule has 22 heavy (non-hydrogen) atoms. The lowest BCUT2D eigenvalue weighted by Gasteiger charge is -2.27. The quantitative estimate of drug-likeness (QED) is 0.864. The van der Waals surface area contributed by atoms with E-state index in [2.05, 4.69) is 0 Å². The van der Waals surface area contributed by atoms with Crippen molar-refractivity contribution in [2.45, 2.75) is 25.8 Å². The first kappa shape index (κ1) is 16.5. The van der Waals surface area contributed by atoms with E-state index >= 15 is 0 Å². The molecule has 0 saturated carbocycles. The monoisotopic (exact) mass is 303 g/mol. The Morgan fingerprint density at radius 1 is 1.36 bits per heavy atom. The summed E-state index contributed by atoms with van der Waals surface area (Å²) < 4.78 is 0. The molecule has 0 unspecified atom stereocenters. The molecule has 5 nitrogen and oxygen atoms in total. The Labute approximate surface area is 132 Å². The summed E-state index contributed by atoms with van der Waals surface area (Å²) in [5.41, 5.74) is 7.17. The summed E-state index contributed by atoms with van der Waals surface area (Å²) in [4.78, 5) is 27.6. The van der Waals surface area contributed by atoms with Crippen molar-refractivity contribution in [3.8, 4) is 0 Å². The van der Waals surface area contributed by atoms with Crippen LogP contribution in [-0.2, 0) is 9.59 Å². The zero-order chi connectivity index (χ0) is 16.1. The molecule has 1 saturated heterocycles. The lowest BCUT2D eigenvalue weighted by Crippen LogP contribution is -2.41. The van der Waals surface area contributed by atoms with E-state index in [4.69, 9.17) is 5.73 Å². The number of likely N-dealkylation sites (N-methyl/N-ethyl adjacent to an activating group) is 1. The van der Waals surface area contributed by atoms with Gasteiger partial charge in [0.2, 0.25) is 11.8 Å². The van der Waals surface area contributed by atoms with Crippen LogP contribution in [-0.4, -0.2) is 48.3 Å². The number of rotatable bonds is 6. The van der Waals surface area contributed by atoms with Gasteiger partial charge in [-0.25, -0.2) is 0 Å². The van der Waals surface area contributed by atoms with Crippen LogP contribution >= 0.6 is 0 Å². The lowest BCUT2D eigenvalue weighted by molar-refractivity contribution is -0.136. The fourth-order valence-corrected chi connectivity index (χ4v) is 2.79. The molecular formula is C17H25N3O2. The third-order valence-electron chi connectivity index (χ3n) is 4.37. The van der Waals surface area contributed by atoms with Gasteiger partial charge in [-0.1, -0.05) is 37.3 Å². The molecule has 2 atom stereocenters. The molecule has 120 valence electrons. The van der Waals surface area contributed by atoms with Gasteiger partial charge in [0.05, 0.1) is 5.92 Å². The van der Waals surface area contributed by atoms with Crippen LogP contribution in [0.3, 0.4) is 0 Å². The van der Waals surface area contributed by atoms with Gasteiger partial charge < -0.3 is 15.5 Å². The lowest BCUT2D eigenvalue weighted by atomic mass is 9.94. The molecular weight excluding hydrogens is 278 g/mol. The summed E-state index contributed by atoms with van der Waals surface area (Å²) in [5.74, 6) is -0.0837. The van der Waals surface area contributed by atoms with Crippen molar-refractivity contribution in [2.75, 3.05) is 26.7 Å². The number of hydrogen-bond acceptors (Lipinski definition) is 3. The van der Waals surface area contributed by atoms with Crippen LogP contribution in [0.25, 0.3) is 0 Å². The molecule has 0 aromatic heterocycles. The number of carbonyl (C=O) groups excluding carboxylic acids is 2. The Morgan fingerprint density at radius 3 is 2.64 bits per heavy atom. The third-order valence-corrected chi connectivity index (χ3v) is 4.37. The summed E-state index contributed by atoms with van der Waals surface area (Å²) in [5, 5.41) is 0. The number of benzene rings is 1. The fraction of sp³-hybridized carbons (Fsp3) is 0.529. The standard InChI is InChI=1S/C17H25N3O2/c1-13(16(18)14-7-4-3-5-8-14)17(22)19(2)11-12-20-10-6-9-15(20)21/h3-5,7-8,13,16H,6,9-12,18H2,1-2H3/t13-,16+/m0/s1. The van der Waals surface area contributed by atoms with E-state index in [9.17, 15) is 9.59 Å². The minimum Gasteiger partial charge on any atom is -0.344 e. The first-order valence-corrected chi connectivity index (χ1v) is 7.84. The molecule has 5 heteroatoms. The van der Waals surface area contributed by atoms with E-state index in [1.165, 1.54) is 0 Å².